The van der Waals surface area contributed by atoms with E-state index in [-0.39, 0.29) is 5.82 Å². The summed E-state index contributed by atoms with van der Waals surface area (Å²) >= 11 is 0. The van der Waals surface area contributed by atoms with E-state index in [1.807, 2.05) is 0 Å². The van der Waals surface area contributed by atoms with E-state index >= 15 is 0 Å². The SMILES string of the molecule is COc1ccc(C2(O)CCc3cc(F)ccc32)c(OC)c1. The molecule has 0 saturated heterocycles. The lowest BCUT2D eigenvalue weighted by atomic mass is 9.87. The third-order valence-electron chi connectivity index (χ3n) is 4.12. The quantitative estimate of drug-likeness (QED) is 0.943. The van der Waals surface area contributed by atoms with Gasteiger partial charge in [-0.25, -0.2) is 4.39 Å². The van der Waals surface area contributed by atoms with Crippen LogP contribution in [0.3, 0.4) is 0 Å². The summed E-state index contributed by atoms with van der Waals surface area (Å²) in [5.41, 5.74) is 1.11. The van der Waals surface area contributed by atoms with Crippen LogP contribution < -0.4 is 9.47 Å². The van der Waals surface area contributed by atoms with Gasteiger partial charge >= 0.3 is 0 Å². The van der Waals surface area contributed by atoms with Crippen LogP contribution in [0.5, 0.6) is 11.5 Å². The molecule has 21 heavy (non-hydrogen) atoms. The van der Waals surface area contributed by atoms with Gasteiger partial charge in [0, 0.05) is 11.6 Å². The van der Waals surface area contributed by atoms with Gasteiger partial charge in [-0.15, -0.1) is 0 Å². The third-order valence-corrected chi connectivity index (χ3v) is 4.12. The molecule has 0 saturated carbocycles. The molecule has 1 atom stereocenters. The highest BCUT2D eigenvalue weighted by Crippen LogP contribution is 2.46. The number of aryl methyl sites for hydroxylation is 1. The summed E-state index contributed by atoms with van der Waals surface area (Å²) in [5, 5.41) is 11.1. The van der Waals surface area contributed by atoms with E-state index in [9.17, 15) is 9.50 Å². The number of methoxy groups -OCH3 is 2. The fourth-order valence-corrected chi connectivity index (χ4v) is 3.04. The predicted octanol–water partition coefficient (Wildman–Crippen LogP) is 3.03. The molecule has 3 nitrogen and oxygen atoms in total. The minimum absolute atomic E-state index is 0.278. The van der Waals surface area contributed by atoms with Gasteiger partial charge in [0.2, 0.25) is 0 Å². The van der Waals surface area contributed by atoms with Gasteiger partial charge in [0.05, 0.1) is 14.2 Å². The molecular weight excluding hydrogens is 271 g/mol. The first-order valence-electron chi connectivity index (χ1n) is 6.82. The molecule has 0 spiro atoms. The van der Waals surface area contributed by atoms with Crippen molar-refractivity contribution in [1.82, 2.24) is 0 Å². The molecule has 110 valence electrons. The Hall–Kier alpha value is -2.07. The van der Waals surface area contributed by atoms with E-state index in [2.05, 4.69) is 0 Å². The molecule has 0 fully saturated rings. The van der Waals surface area contributed by atoms with Crippen molar-refractivity contribution >= 4 is 0 Å². The second-order valence-corrected chi connectivity index (χ2v) is 5.23. The first-order valence-corrected chi connectivity index (χ1v) is 6.82. The largest absolute Gasteiger partial charge is 0.497 e. The smallest absolute Gasteiger partial charge is 0.128 e. The molecule has 4 heteroatoms. The normalized spacial score (nSPS) is 20.2. The molecule has 1 aliphatic carbocycles. The highest BCUT2D eigenvalue weighted by molar-refractivity contribution is 5.52. The summed E-state index contributed by atoms with van der Waals surface area (Å²) in [5.74, 6) is 0.949. The van der Waals surface area contributed by atoms with Crippen molar-refractivity contribution in [3.8, 4) is 11.5 Å². The van der Waals surface area contributed by atoms with Gasteiger partial charge in [0.1, 0.15) is 22.9 Å². The van der Waals surface area contributed by atoms with Gasteiger partial charge in [0.15, 0.2) is 0 Å². The van der Waals surface area contributed by atoms with Crippen molar-refractivity contribution in [2.24, 2.45) is 0 Å². The predicted molar refractivity (Wildman–Crippen MR) is 77.3 cm³/mol. The minimum Gasteiger partial charge on any atom is -0.497 e. The van der Waals surface area contributed by atoms with Crippen LogP contribution in [-0.4, -0.2) is 19.3 Å². The third kappa shape index (κ3) is 2.16. The number of rotatable bonds is 3. The van der Waals surface area contributed by atoms with Crippen molar-refractivity contribution in [1.29, 1.82) is 0 Å². The molecule has 1 aliphatic rings. The molecule has 1 unspecified atom stereocenters. The van der Waals surface area contributed by atoms with Crippen LogP contribution >= 0.6 is 0 Å². The van der Waals surface area contributed by atoms with Crippen LogP contribution in [0, 0.1) is 5.82 Å². The lowest BCUT2D eigenvalue weighted by molar-refractivity contribution is 0.0799. The fraction of sp³-hybridized carbons (Fsp3) is 0.294. The molecule has 0 aliphatic heterocycles. The lowest BCUT2D eigenvalue weighted by Gasteiger charge is -2.27. The first-order chi connectivity index (χ1) is 10.1. The maximum atomic E-state index is 13.3. The van der Waals surface area contributed by atoms with Gasteiger partial charge < -0.3 is 14.6 Å². The van der Waals surface area contributed by atoms with Crippen LogP contribution in [0.4, 0.5) is 4.39 Å². The number of benzene rings is 2. The van der Waals surface area contributed by atoms with E-state index in [0.29, 0.717) is 29.9 Å². The Kier molecular flexibility index (Phi) is 3.33. The summed E-state index contributed by atoms with van der Waals surface area (Å²) in [7, 11) is 3.14. The lowest BCUT2D eigenvalue weighted by Crippen LogP contribution is -2.24. The van der Waals surface area contributed by atoms with Crippen LogP contribution in [0.25, 0.3) is 0 Å². The Morgan fingerprint density at radius 2 is 1.81 bits per heavy atom. The zero-order valence-corrected chi connectivity index (χ0v) is 12.0. The van der Waals surface area contributed by atoms with Crippen LogP contribution in [0.1, 0.15) is 23.1 Å². The maximum Gasteiger partial charge on any atom is 0.128 e. The van der Waals surface area contributed by atoms with Crippen LogP contribution in [0.2, 0.25) is 0 Å². The standard InChI is InChI=1S/C17H17FO3/c1-20-13-4-6-15(16(10-13)21-2)17(19)8-7-11-9-12(18)3-5-14(11)17/h3-6,9-10,19H,7-8H2,1-2H3. The molecule has 0 aromatic heterocycles. The van der Waals surface area contributed by atoms with Gasteiger partial charge in [-0.2, -0.15) is 0 Å². The number of hydrogen-bond donors (Lipinski definition) is 1. The summed E-state index contributed by atoms with van der Waals surface area (Å²) in [6, 6.07) is 9.86. The zero-order chi connectivity index (χ0) is 15.0. The minimum atomic E-state index is -1.15. The Morgan fingerprint density at radius 1 is 1.05 bits per heavy atom. The van der Waals surface area contributed by atoms with Crippen molar-refractivity contribution in [3.63, 3.8) is 0 Å². The molecule has 0 radical (unpaired) electrons. The Bertz CT molecular complexity index is 684. The number of aliphatic hydroxyl groups is 1. The highest BCUT2D eigenvalue weighted by Gasteiger charge is 2.40. The molecule has 0 amide bonds. The molecule has 2 aromatic carbocycles. The van der Waals surface area contributed by atoms with Crippen LogP contribution in [0.15, 0.2) is 36.4 Å². The summed E-state index contributed by atoms with van der Waals surface area (Å²) in [4.78, 5) is 0. The average Bonchev–Trinajstić information content (AvgIpc) is 2.84. The second-order valence-electron chi connectivity index (χ2n) is 5.23. The van der Waals surface area contributed by atoms with Crippen molar-refractivity contribution in [2.75, 3.05) is 14.2 Å². The summed E-state index contributed by atoms with van der Waals surface area (Å²) in [6.45, 7) is 0. The number of fused-ring (bicyclic) bond motifs is 1. The van der Waals surface area contributed by atoms with Crippen molar-refractivity contribution in [2.45, 2.75) is 18.4 Å². The Labute approximate surface area is 122 Å². The van der Waals surface area contributed by atoms with E-state index < -0.39 is 5.60 Å². The topological polar surface area (TPSA) is 38.7 Å². The average molecular weight is 288 g/mol. The summed E-state index contributed by atoms with van der Waals surface area (Å²) in [6.07, 6.45) is 1.15. The maximum absolute atomic E-state index is 13.3. The van der Waals surface area contributed by atoms with Gasteiger partial charge in [-0.3, -0.25) is 0 Å². The second kappa shape index (κ2) is 5.04. The zero-order valence-electron chi connectivity index (χ0n) is 12.0. The molecule has 0 bridgehead atoms. The molecule has 0 heterocycles. The first kappa shape index (κ1) is 13.9. The van der Waals surface area contributed by atoms with Crippen molar-refractivity contribution in [3.05, 3.63) is 58.9 Å². The van der Waals surface area contributed by atoms with E-state index in [4.69, 9.17) is 9.47 Å². The fourth-order valence-electron chi connectivity index (χ4n) is 3.04. The number of halogens is 1. The summed E-state index contributed by atoms with van der Waals surface area (Å²) < 4.78 is 23.9. The molecule has 2 aromatic rings. The highest BCUT2D eigenvalue weighted by atomic mass is 19.1. The van der Waals surface area contributed by atoms with Crippen molar-refractivity contribution < 1.29 is 19.0 Å². The van der Waals surface area contributed by atoms with E-state index in [1.54, 1.807) is 38.5 Å². The Morgan fingerprint density at radius 3 is 2.52 bits per heavy atom. The van der Waals surface area contributed by atoms with E-state index in [0.717, 1.165) is 11.1 Å². The Balaban J connectivity index is 2.13. The van der Waals surface area contributed by atoms with Crippen LogP contribution in [-0.2, 0) is 12.0 Å². The van der Waals surface area contributed by atoms with Gasteiger partial charge in [-0.05, 0) is 48.2 Å². The molecule has 3 rings (SSSR count). The molecule has 1 N–H and O–H groups in total. The van der Waals surface area contributed by atoms with E-state index in [1.165, 1.54) is 12.1 Å². The number of hydrogen-bond acceptors (Lipinski definition) is 3. The van der Waals surface area contributed by atoms with Gasteiger partial charge in [-0.1, -0.05) is 6.07 Å². The number of ether oxygens (including phenoxy) is 2. The van der Waals surface area contributed by atoms with Gasteiger partial charge in [0.25, 0.3) is 0 Å². The monoisotopic (exact) mass is 288 g/mol. The molecular formula is C17H17FO3.